The molecule has 2 aliphatic rings. The number of carbonyl (C=O) groups excluding carboxylic acids is 1. The second-order valence-electron chi connectivity index (χ2n) is 9.33. The Morgan fingerprint density at radius 2 is 1.71 bits per heavy atom. The lowest BCUT2D eigenvalue weighted by Crippen LogP contribution is -2.52. The number of aromatic amines is 1. The third-order valence-electron chi connectivity index (χ3n) is 7.18. The highest BCUT2D eigenvalue weighted by Crippen LogP contribution is 2.24. The number of fused-ring (bicyclic) bond motifs is 1. The highest BCUT2D eigenvalue weighted by molar-refractivity contribution is 7.71. The average molecular weight is 497 g/mol. The van der Waals surface area contributed by atoms with Crippen molar-refractivity contribution >= 4 is 40.6 Å². The Labute approximate surface area is 209 Å². The first kappa shape index (κ1) is 23.3. The van der Waals surface area contributed by atoms with Crippen LogP contribution >= 0.6 is 23.8 Å². The minimum absolute atomic E-state index is 0.00913. The van der Waals surface area contributed by atoms with Gasteiger partial charge in [0, 0.05) is 42.8 Å². The summed E-state index contributed by atoms with van der Waals surface area (Å²) in [4.78, 5) is 34.0. The van der Waals surface area contributed by atoms with Gasteiger partial charge in [-0.1, -0.05) is 43.0 Å². The van der Waals surface area contributed by atoms with Crippen LogP contribution in [0.4, 0.5) is 0 Å². The summed E-state index contributed by atoms with van der Waals surface area (Å²) in [6.07, 6.45) is 6.57. The first-order valence-electron chi connectivity index (χ1n) is 12.0. The molecule has 0 bridgehead atoms. The molecule has 1 N–H and O–H groups in total. The van der Waals surface area contributed by atoms with Crippen LogP contribution in [-0.4, -0.2) is 57.5 Å². The van der Waals surface area contributed by atoms with Crippen LogP contribution in [-0.2, 0) is 6.54 Å². The van der Waals surface area contributed by atoms with Crippen LogP contribution < -0.4 is 5.56 Å². The van der Waals surface area contributed by atoms with Gasteiger partial charge in [-0.2, -0.15) is 0 Å². The number of nitrogens with one attached hydrogen (secondary N) is 1. The van der Waals surface area contributed by atoms with E-state index in [-0.39, 0.29) is 11.5 Å². The number of halogens is 1. The van der Waals surface area contributed by atoms with Crippen molar-refractivity contribution in [1.82, 2.24) is 19.4 Å². The maximum absolute atomic E-state index is 13.2. The predicted octanol–water partition coefficient (Wildman–Crippen LogP) is 4.85. The van der Waals surface area contributed by atoms with E-state index >= 15 is 0 Å². The van der Waals surface area contributed by atoms with Crippen molar-refractivity contribution in [2.24, 2.45) is 0 Å². The van der Waals surface area contributed by atoms with Crippen LogP contribution in [0.2, 0.25) is 5.02 Å². The SMILES string of the molecule is O=C(c1ccc2c(=O)n(Cc3ccc(Cl)cc3)c(=S)[nH]c2c1)N1CCN(C2CCCCC2)CC1. The third-order valence-corrected chi connectivity index (χ3v) is 7.75. The number of aromatic nitrogens is 2. The van der Waals surface area contributed by atoms with Crippen molar-refractivity contribution in [3.05, 3.63) is 73.7 Å². The number of hydrogen-bond acceptors (Lipinski definition) is 4. The number of nitrogens with zero attached hydrogens (tertiary/aromatic N) is 3. The molecule has 34 heavy (non-hydrogen) atoms. The van der Waals surface area contributed by atoms with Gasteiger partial charge in [0.2, 0.25) is 0 Å². The average Bonchev–Trinajstić information content (AvgIpc) is 2.87. The lowest BCUT2D eigenvalue weighted by Gasteiger charge is -2.40. The molecule has 1 amide bonds. The van der Waals surface area contributed by atoms with E-state index in [1.165, 1.54) is 36.7 Å². The Balaban J connectivity index is 1.33. The molecule has 1 aromatic heterocycles. The molecule has 1 aliphatic heterocycles. The number of carbonyl (C=O) groups is 1. The molecule has 2 aromatic carbocycles. The van der Waals surface area contributed by atoms with Crippen molar-refractivity contribution in [1.29, 1.82) is 0 Å². The fourth-order valence-electron chi connectivity index (χ4n) is 5.22. The smallest absolute Gasteiger partial charge is 0.262 e. The molecule has 1 saturated carbocycles. The van der Waals surface area contributed by atoms with Gasteiger partial charge in [0.05, 0.1) is 17.4 Å². The molecule has 178 valence electrons. The quantitative estimate of drug-likeness (QED) is 0.524. The van der Waals surface area contributed by atoms with E-state index in [1.54, 1.807) is 30.3 Å². The molecule has 2 fully saturated rings. The Bertz CT molecular complexity index is 1300. The summed E-state index contributed by atoms with van der Waals surface area (Å²) < 4.78 is 1.87. The van der Waals surface area contributed by atoms with Gasteiger partial charge in [0.25, 0.3) is 11.5 Å². The molecule has 1 aliphatic carbocycles. The zero-order chi connectivity index (χ0) is 23.7. The maximum atomic E-state index is 13.2. The van der Waals surface area contributed by atoms with Crippen LogP contribution in [0.1, 0.15) is 48.0 Å². The molecule has 0 radical (unpaired) electrons. The molecule has 3 aromatic rings. The molecule has 1 saturated heterocycles. The van der Waals surface area contributed by atoms with Gasteiger partial charge in [-0.25, -0.2) is 0 Å². The molecule has 8 heteroatoms. The molecule has 0 spiro atoms. The summed E-state index contributed by atoms with van der Waals surface area (Å²) in [6.45, 7) is 3.70. The minimum atomic E-state index is -0.172. The van der Waals surface area contributed by atoms with Gasteiger partial charge in [0.15, 0.2) is 4.77 Å². The van der Waals surface area contributed by atoms with Crippen molar-refractivity contribution < 1.29 is 4.79 Å². The standard InChI is InChI=1S/C26H29ClN4O2S/c27-20-9-6-18(7-10-20)17-31-25(33)22-11-8-19(16-23(22)28-26(31)34)24(32)30-14-12-29(13-15-30)21-4-2-1-3-5-21/h6-11,16,21H,1-5,12-15,17H2,(H,28,34). The van der Waals surface area contributed by atoms with Crippen molar-refractivity contribution in [2.45, 2.75) is 44.7 Å². The topological polar surface area (TPSA) is 61.3 Å². The summed E-state index contributed by atoms with van der Waals surface area (Å²) in [6, 6.07) is 13.3. The molecule has 0 unspecified atom stereocenters. The highest BCUT2D eigenvalue weighted by atomic mass is 35.5. The highest BCUT2D eigenvalue weighted by Gasteiger charge is 2.27. The number of rotatable bonds is 4. The lowest BCUT2D eigenvalue weighted by molar-refractivity contribution is 0.0523. The van der Waals surface area contributed by atoms with Crippen LogP contribution in [0.25, 0.3) is 10.9 Å². The Hall–Kier alpha value is -2.48. The molecular weight excluding hydrogens is 468 g/mol. The van der Waals surface area contributed by atoms with E-state index in [2.05, 4.69) is 9.88 Å². The van der Waals surface area contributed by atoms with E-state index < -0.39 is 0 Å². The minimum Gasteiger partial charge on any atom is -0.336 e. The normalized spacial score (nSPS) is 17.9. The zero-order valence-corrected chi connectivity index (χ0v) is 20.7. The number of benzene rings is 2. The monoisotopic (exact) mass is 496 g/mol. The molecule has 6 nitrogen and oxygen atoms in total. The second kappa shape index (κ2) is 10.0. The van der Waals surface area contributed by atoms with E-state index in [9.17, 15) is 9.59 Å². The summed E-state index contributed by atoms with van der Waals surface area (Å²) in [5.74, 6) is 0.00913. The van der Waals surface area contributed by atoms with Gasteiger partial charge in [0.1, 0.15) is 0 Å². The Morgan fingerprint density at radius 1 is 1.00 bits per heavy atom. The number of amides is 1. The van der Waals surface area contributed by atoms with Crippen molar-refractivity contribution in [2.75, 3.05) is 26.2 Å². The zero-order valence-electron chi connectivity index (χ0n) is 19.1. The van der Waals surface area contributed by atoms with Gasteiger partial charge in [-0.05, 0) is 61.0 Å². The largest absolute Gasteiger partial charge is 0.336 e. The summed E-state index contributed by atoms with van der Waals surface area (Å²) in [5, 5.41) is 1.16. The van der Waals surface area contributed by atoms with E-state index in [4.69, 9.17) is 23.8 Å². The number of H-pyrrole nitrogens is 1. The summed E-state index contributed by atoms with van der Waals surface area (Å²) >= 11 is 11.4. The van der Waals surface area contributed by atoms with Gasteiger partial charge >= 0.3 is 0 Å². The van der Waals surface area contributed by atoms with Crippen LogP contribution in [0, 0.1) is 4.77 Å². The van der Waals surface area contributed by atoms with Crippen LogP contribution in [0.3, 0.4) is 0 Å². The first-order valence-corrected chi connectivity index (χ1v) is 12.8. The Kier molecular flexibility index (Phi) is 6.86. The van der Waals surface area contributed by atoms with Gasteiger partial charge in [-0.3, -0.25) is 19.1 Å². The number of piperazine rings is 1. The molecule has 5 rings (SSSR count). The first-order chi connectivity index (χ1) is 16.5. The molecule has 2 heterocycles. The predicted molar refractivity (Wildman–Crippen MR) is 138 cm³/mol. The van der Waals surface area contributed by atoms with Crippen molar-refractivity contribution in [3.63, 3.8) is 0 Å². The van der Waals surface area contributed by atoms with Crippen molar-refractivity contribution in [3.8, 4) is 0 Å². The van der Waals surface area contributed by atoms with E-state index in [1.807, 2.05) is 17.0 Å². The third kappa shape index (κ3) is 4.83. The maximum Gasteiger partial charge on any atom is 0.262 e. The lowest BCUT2D eigenvalue weighted by atomic mass is 9.94. The van der Waals surface area contributed by atoms with E-state index in [0.29, 0.717) is 38.8 Å². The van der Waals surface area contributed by atoms with Crippen LogP contribution in [0.5, 0.6) is 0 Å². The van der Waals surface area contributed by atoms with E-state index in [0.717, 1.165) is 31.7 Å². The molecular formula is C26H29ClN4O2S. The van der Waals surface area contributed by atoms with Gasteiger partial charge < -0.3 is 9.88 Å². The fourth-order valence-corrected chi connectivity index (χ4v) is 5.61. The van der Waals surface area contributed by atoms with Crippen LogP contribution in [0.15, 0.2) is 47.3 Å². The Morgan fingerprint density at radius 3 is 2.41 bits per heavy atom. The number of hydrogen-bond donors (Lipinski definition) is 1. The summed E-state index contributed by atoms with van der Waals surface area (Å²) in [7, 11) is 0. The fraction of sp³-hybridized carbons (Fsp3) is 0.423. The van der Waals surface area contributed by atoms with Gasteiger partial charge in [-0.15, -0.1) is 0 Å². The molecule has 0 atom stereocenters. The second-order valence-corrected chi connectivity index (χ2v) is 10.2. The summed E-state index contributed by atoms with van der Waals surface area (Å²) in [5.41, 5.74) is 1.94.